The number of Topliss-reactive ketones (excluding diaryl/α,β-unsaturated/α-hetero) is 1. The molecule has 0 saturated heterocycles. The van der Waals surface area contributed by atoms with E-state index >= 15 is 0 Å². The van der Waals surface area contributed by atoms with Crippen LogP contribution >= 0.6 is 0 Å². The van der Waals surface area contributed by atoms with Crippen molar-refractivity contribution in [2.24, 2.45) is 5.92 Å². The first-order chi connectivity index (χ1) is 7.71. The summed E-state index contributed by atoms with van der Waals surface area (Å²) in [7, 11) is 1.66. The van der Waals surface area contributed by atoms with Crippen LogP contribution in [-0.2, 0) is 11.2 Å². The van der Waals surface area contributed by atoms with Crippen LogP contribution in [0, 0.1) is 5.92 Å². The van der Waals surface area contributed by atoms with Crippen molar-refractivity contribution in [3.8, 4) is 5.75 Å². The molecule has 1 rings (SSSR count). The van der Waals surface area contributed by atoms with Gasteiger partial charge in [-0.15, -0.1) is 0 Å². The van der Waals surface area contributed by atoms with E-state index in [0.29, 0.717) is 12.2 Å². The highest BCUT2D eigenvalue weighted by atomic mass is 16.5. The molecule has 1 aromatic rings. The summed E-state index contributed by atoms with van der Waals surface area (Å²) >= 11 is 0. The van der Waals surface area contributed by atoms with E-state index in [1.54, 1.807) is 7.11 Å². The maximum Gasteiger partial charge on any atom is 0.136 e. The van der Waals surface area contributed by atoms with E-state index in [9.17, 15) is 4.79 Å². The van der Waals surface area contributed by atoms with Crippen molar-refractivity contribution in [2.45, 2.75) is 33.1 Å². The average Bonchev–Trinajstić information content (AvgIpc) is 2.35. The minimum absolute atomic E-state index is 0.165. The summed E-state index contributed by atoms with van der Waals surface area (Å²) < 4.78 is 5.10. The summed E-state index contributed by atoms with van der Waals surface area (Å²) in [6.45, 7) is 4.00. The van der Waals surface area contributed by atoms with Crippen LogP contribution in [0.25, 0.3) is 0 Å². The Morgan fingerprint density at radius 1 is 1.25 bits per heavy atom. The average molecular weight is 220 g/mol. The van der Waals surface area contributed by atoms with E-state index in [0.717, 1.165) is 18.6 Å². The highest BCUT2D eigenvalue weighted by Crippen LogP contribution is 2.17. The van der Waals surface area contributed by atoms with Gasteiger partial charge in [-0.25, -0.2) is 0 Å². The van der Waals surface area contributed by atoms with Gasteiger partial charge in [0, 0.05) is 12.3 Å². The lowest BCUT2D eigenvalue weighted by atomic mass is 9.92. The van der Waals surface area contributed by atoms with Crippen LogP contribution in [0.4, 0.5) is 0 Å². The fraction of sp³-hybridized carbons (Fsp3) is 0.500. The lowest BCUT2D eigenvalue weighted by Gasteiger charge is -2.12. The molecule has 0 N–H and O–H groups in total. The molecule has 0 saturated carbocycles. The summed E-state index contributed by atoms with van der Waals surface area (Å²) in [6.07, 6.45) is 2.39. The molecule has 0 aromatic heterocycles. The smallest absolute Gasteiger partial charge is 0.136 e. The molecule has 0 spiro atoms. The van der Waals surface area contributed by atoms with Crippen molar-refractivity contribution >= 4 is 5.78 Å². The number of carbonyl (C=O) groups excluding carboxylic acids is 1. The Labute approximate surface area is 97.6 Å². The van der Waals surface area contributed by atoms with E-state index in [1.807, 2.05) is 31.2 Å². The molecule has 2 nitrogen and oxygen atoms in total. The van der Waals surface area contributed by atoms with Gasteiger partial charge in [-0.1, -0.05) is 26.0 Å². The third-order valence-corrected chi connectivity index (χ3v) is 2.94. The largest absolute Gasteiger partial charge is 0.497 e. The number of ketones is 1. The van der Waals surface area contributed by atoms with Crippen LogP contribution in [0.3, 0.4) is 0 Å². The highest BCUT2D eigenvalue weighted by molar-refractivity contribution is 5.80. The Morgan fingerprint density at radius 3 is 2.31 bits per heavy atom. The fourth-order valence-corrected chi connectivity index (χ4v) is 1.82. The minimum Gasteiger partial charge on any atom is -0.497 e. The molecule has 0 radical (unpaired) electrons. The fourth-order valence-electron chi connectivity index (χ4n) is 1.82. The van der Waals surface area contributed by atoms with Crippen molar-refractivity contribution in [3.05, 3.63) is 29.8 Å². The Balaban J connectivity index is 2.66. The maximum atomic E-state index is 11.6. The zero-order chi connectivity index (χ0) is 12.0. The van der Waals surface area contributed by atoms with Crippen LogP contribution in [0.5, 0.6) is 5.75 Å². The zero-order valence-corrected chi connectivity index (χ0v) is 10.3. The number of hydrogen-bond donors (Lipinski definition) is 0. The standard InChI is InChI=1S/C14H20O2/c1-4-12(14(15)5-2)10-11-6-8-13(16-3)9-7-11/h6-9,12H,4-5,10H2,1-3H3. The summed E-state index contributed by atoms with van der Waals surface area (Å²) in [6, 6.07) is 7.95. The Bertz CT molecular complexity index is 327. The first kappa shape index (κ1) is 12.8. The minimum atomic E-state index is 0.165. The van der Waals surface area contributed by atoms with E-state index in [2.05, 4.69) is 6.92 Å². The van der Waals surface area contributed by atoms with Crippen LogP contribution in [-0.4, -0.2) is 12.9 Å². The van der Waals surface area contributed by atoms with Crippen molar-refractivity contribution in [1.82, 2.24) is 0 Å². The van der Waals surface area contributed by atoms with Crippen LogP contribution in [0.1, 0.15) is 32.3 Å². The lowest BCUT2D eigenvalue weighted by molar-refractivity contribution is -0.122. The Kier molecular flexibility index (Phi) is 5.03. The zero-order valence-electron chi connectivity index (χ0n) is 10.3. The van der Waals surface area contributed by atoms with Gasteiger partial charge in [0.15, 0.2) is 0 Å². The first-order valence-electron chi connectivity index (χ1n) is 5.86. The van der Waals surface area contributed by atoms with Crippen molar-refractivity contribution in [1.29, 1.82) is 0 Å². The van der Waals surface area contributed by atoms with Gasteiger partial charge in [0.2, 0.25) is 0 Å². The molecule has 1 unspecified atom stereocenters. The van der Waals surface area contributed by atoms with Gasteiger partial charge in [-0.2, -0.15) is 0 Å². The monoisotopic (exact) mass is 220 g/mol. The summed E-state index contributed by atoms with van der Waals surface area (Å²) in [5.74, 6) is 1.38. The number of methoxy groups -OCH3 is 1. The molecule has 16 heavy (non-hydrogen) atoms. The number of ether oxygens (including phenoxy) is 1. The normalized spacial score (nSPS) is 12.2. The molecule has 0 amide bonds. The van der Waals surface area contributed by atoms with Gasteiger partial charge in [0.1, 0.15) is 11.5 Å². The second-order valence-electron chi connectivity index (χ2n) is 3.98. The summed E-state index contributed by atoms with van der Waals surface area (Å²) in [5.41, 5.74) is 1.20. The van der Waals surface area contributed by atoms with Gasteiger partial charge in [-0.05, 0) is 30.5 Å². The second kappa shape index (κ2) is 6.31. The second-order valence-corrected chi connectivity index (χ2v) is 3.98. The molecule has 1 aromatic carbocycles. The third-order valence-electron chi connectivity index (χ3n) is 2.94. The third kappa shape index (κ3) is 3.37. The highest BCUT2D eigenvalue weighted by Gasteiger charge is 2.14. The molecule has 0 heterocycles. The SMILES string of the molecule is CCC(=O)C(CC)Cc1ccc(OC)cc1. The van der Waals surface area contributed by atoms with Crippen molar-refractivity contribution < 1.29 is 9.53 Å². The molecular weight excluding hydrogens is 200 g/mol. The Morgan fingerprint density at radius 2 is 1.88 bits per heavy atom. The summed E-state index contributed by atoms with van der Waals surface area (Å²) in [4.78, 5) is 11.6. The predicted molar refractivity (Wildman–Crippen MR) is 65.8 cm³/mol. The number of carbonyl (C=O) groups is 1. The molecule has 0 bridgehead atoms. The van der Waals surface area contributed by atoms with E-state index < -0.39 is 0 Å². The topological polar surface area (TPSA) is 26.3 Å². The Hall–Kier alpha value is -1.31. The van der Waals surface area contributed by atoms with Gasteiger partial charge in [0.05, 0.1) is 7.11 Å². The van der Waals surface area contributed by atoms with E-state index in [1.165, 1.54) is 5.56 Å². The van der Waals surface area contributed by atoms with Crippen molar-refractivity contribution in [3.63, 3.8) is 0 Å². The summed E-state index contributed by atoms with van der Waals surface area (Å²) in [5, 5.41) is 0. The molecule has 0 aliphatic heterocycles. The maximum absolute atomic E-state index is 11.6. The molecule has 2 heteroatoms. The van der Waals surface area contributed by atoms with Crippen molar-refractivity contribution in [2.75, 3.05) is 7.11 Å². The molecule has 88 valence electrons. The van der Waals surface area contributed by atoms with Crippen LogP contribution in [0.15, 0.2) is 24.3 Å². The molecule has 1 atom stereocenters. The number of hydrogen-bond acceptors (Lipinski definition) is 2. The molecule has 0 fully saturated rings. The first-order valence-corrected chi connectivity index (χ1v) is 5.86. The van der Waals surface area contributed by atoms with Crippen LogP contribution in [0.2, 0.25) is 0 Å². The van der Waals surface area contributed by atoms with E-state index in [4.69, 9.17) is 4.74 Å². The van der Waals surface area contributed by atoms with Gasteiger partial charge >= 0.3 is 0 Å². The number of rotatable bonds is 6. The quantitative estimate of drug-likeness (QED) is 0.735. The van der Waals surface area contributed by atoms with Crippen LogP contribution < -0.4 is 4.74 Å². The lowest BCUT2D eigenvalue weighted by Crippen LogP contribution is -2.15. The predicted octanol–water partition coefficient (Wildman–Crippen LogP) is 3.24. The van der Waals surface area contributed by atoms with E-state index in [-0.39, 0.29) is 5.92 Å². The van der Waals surface area contributed by atoms with Gasteiger partial charge < -0.3 is 4.74 Å². The molecular formula is C14H20O2. The number of benzene rings is 1. The van der Waals surface area contributed by atoms with Gasteiger partial charge in [0.25, 0.3) is 0 Å². The molecule has 0 aliphatic rings. The molecule has 0 aliphatic carbocycles. The van der Waals surface area contributed by atoms with Gasteiger partial charge in [-0.3, -0.25) is 4.79 Å².